The molecule has 4 nitrogen and oxygen atoms in total. The molecule has 0 saturated carbocycles. The summed E-state index contributed by atoms with van der Waals surface area (Å²) in [6, 6.07) is 11.1. The van der Waals surface area contributed by atoms with Crippen molar-refractivity contribution in [2.75, 3.05) is 18.0 Å². The lowest BCUT2D eigenvalue weighted by Gasteiger charge is -2.25. The van der Waals surface area contributed by atoms with Crippen LogP contribution in [0.3, 0.4) is 0 Å². The Hall–Kier alpha value is -1.33. The first-order valence-corrected chi connectivity index (χ1v) is 9.12. The van der Waals surface area contributed by atoms with Crippen LogP contribution in [0.2, 0.25) is 6.04 Å². The van der Waals surface area contributed by atoms with E-state index in [9.17, 15) is 4.79 Å². The van der Waals surface area contributed by atoms with Crippen molar-refractivity contribution >= 4 is 21.4 Å². The number of carboxylic acid groups (broad SMARTS) is 1. The normalized spacial score (nSPS) is 12.0. The molecule has 0 saturated heterocycles. The number of para-hydroxylation sites is 1. The van der Waals surface area contributed by atoms with Crippen LogP contribution in [0.1, 0.15) is 33.6 Å². The molecule has 1 aromatic carbocycles. The quantitative estimate of drug-likeness (QED) is 0.563. The molecule has 1 aromatic rings. The molecule has 0 amide bonds. The standard InChI is InChI=1S/C16H27NO3Si/c1-16(2,3)20-21-13-7-11-17(12-10-15(18)19)14-8-5-4-6-9-14/h4-6,8-9H,7,10-13,21H2,1-3H3,(H,18,19). The second-order valence-corrected chi connectivity index (χ2v) is 7.54. The molecule has 1 rings (SSSR count). The van der Waals surface area contributed by atoms with Gasteiger partial charge in [0.15, 0.2) is 9.76 Å². The highest BCUT2D eigenvalue weighted by molar-refractivity contribution is 6.27. The van der Waals surface area contributed by atoms with Crippen molar-refractivity contribution in [3.8, 4) is 0 Å². The lowest BCUT2D eigenvalue weighted by atomic mass is 10.2. The fourth-order valence-corrected chi connectivity index (χ4v) is 3.21. The van der Waals surface area contributed by atoms with Crippen molar-refractivity contribution in [2.24, 2.45) is 0 Å². The minimum Gasteiger partial charge on any atom is -0.481 e. The van der Waals surface area contributed by atoms with Crippen LogP contribution in [-0.2, 0) is 9.22 Å². The average Bonchev–Trinajstić information content (AvgIpc) is 2.41. The molecular weight excluding hydrogens is 282 g/mol. The van der Waals surface area contributed by atoms with E-state index in [4.69, 9.17) is 9.53 Å². The summed E-state index contributed by atoms with van der Waals surface area (Å²) in [7, 11) is -0.488. The van der Waals surface area contributed by atoms with E-state index in [0.29, 0.717) is 6.54 Å². The van der Waals surface area contributed by atoms with Gasteiger partial charge in [-0.25, -0.2) is 0 Å². The molecule has 0 aliphatic rings. The van der Waals surface area contributed by atoms with Crippen LogP contribution < -0.4 is 4.90 Å². The molecule has 0 radical (unpaired) electrons. The summed E-state index contributed by atoms with van der Waals surface area (Å²) in [5.74, 6) is -0.749. The Morgan fingerprint density at radius 2 is 1.90 bits per heavy atom. The van der Waals surface area contributed by atoms with Gasteiger partial charge in [0.25, 0.3) is 0 Å². The Bertz CT molecular complexity index is 417. The van der Waals surface area contributed by atoms with Crippen molar-refractivity contribution in [2.45, 2.75) is 45.3 Å². The Balaban J connectivity index is 2.41. The van der Waals surface area contributed by atoms with Crippen LogP contribution in [0.25, 0.3) is 0 Å². The second kappa shape index (κ2) is 8.84. The zero-order valence-electron chi connectivity index (χ0n) is 13.3. The van der Waals surface area contributed by atoms with E-state index in [2.05, 4.69) is 25.7 Å². The topological polar surface area (TPSA) is 49.8 Å². The van der Waals surface area contributed by atoms with Crippen LogP contribution >= 0.6 is 0 Å². The second-order valence-electron chi connectivity index (χ2n) is 6.13. The maximum Gasteiger partial charge on any atom is 0.305 e. The van der Waals surface area contributed by atoms with Gasteiger partial charge in [0, 0.05) is 24.4 Å². The molecule has 0 atom stereocenters. The fourth-order valence-electron chi connectivity index (χ4n) is 2.02. The van der Waals surface area contributed by atoms with E-state index >= 15 is 0 Å². The molecule has 0 fully saturated rings. The summed E-state index contributed by atoms with van der Waals surface area (Å²) in [5, 5.41) is 8.87. The van der Waals surface area contributed by atoms with Crippen LogP contribution in [-0.4, -0.2) is 39.5 Å². The van der Waals surface area contributed by atoms with Gasteiger partial charge >= 0.3 is 5.97 Å². The van der Waals surface area contributed by atoms with E-state index in [0.717, 1.165) is 24.7 Å². The average molecular weight is 309 g/mol. The Labute approximate surface area is 130 Å². The monoisotopic (exact) mass is 309 g/mol. The van der Waals surface area contributed by atoms with Gasteiger partial charge in [-0.1, -0.05) is 18.2 Å². The molecular formula is C16H27NO3Si. The molecule has 0 aliphatic heterocycles. The summed E-state index contributed by atoms with van der Waals surface area (Å²) in [4.78, 5) is 12.9. The van der Waals surface area contributed by atoms with Gasteiger partial charge in [-0.3, -0.25) is 4.79 Å². The molecule has 1 N–H and O–H groups in total. The van der Waals surface area contributed by atoms with Crippen LogP contribution in [0.4, 0.5) is 5.69 Å². The van der Waals surface area contributed by atoms with Gasteiger partial charge in [0.1, 0.15) is 0 Å². The molecule has 5 heteroatoms. The largest absolute Gasteiger partial charge is 0.481 e. The molecule has 0 unspecified atom stereocenters. The predicted molar refractivity (Wildman–Crippen MR) is 89.7 cm³/mol. The zero-order valence-corrected chi connectivity index (χ0v) is 14.8. The van der Waals surface area contributed by atoms with Gasteiger partial charge in [-0.15, -0.1) is 0 Å². The molecule has 0 spiro atoms. The van der Waals surface area contributed by atoms with E-state index < -0.39 is 15.7 Å². The highest BCUT2D eigenvalue weighted by Gasteiger charge is 2.11. The maximum absolute atomic E-state index is 10.8. The van der Waals surface area contributed by atoms with Gasteiger partial charge < -0.3 is 14.4 Å². The summed E-state index contributed by atoms with van der Waals surface area (Å²) < 4.78 is 5.84. The number of benzene rings is 1. The zero-order chi connectivity index (χ0) is 15.7. The third-order valence-electron chi connectivity index (χ3n) is 3.07. The van der Waals surface area contributed by atoms with Gasteiger partial charge in [-0.05, 0) is 45.4 Å². The number of aliphatic carboxylic acids is 1. The fraction of sp³-hybridized carbons (Fsp3) is 0.562. The highest BCUT2D eigenvalue weighted by Crippen LogP contribution is 2.15. The van der Waals surface area contributed by atoms with Crippen LogP contribution in [0.15, 0.2) is 30.3 Å². The number of anilines is 1. The maximum atomic E-state index is 10.8. The highest BCUT2D eigenvalue weighted by atomic mass is 28.2. The number of hydrogen-bond donors (Lipinski definition) is 1. The molecule has 0 aromatic heterocycles. The summed E-state index contributed by atoms with van der Waals surface area (Å²) in [5.41, 5.74) is 1.06. The minimum absolute atomic E-state index is 0.0331. The van der Waals surface area contributed by atoms with Gasteiger partial charge in [-0.2, -0.15) is 0 Å². The summed E-state index contributed by atoms with van der Waals surface area (Å²) in [6.45, 7) is 7.70. The number of nitrogens with zero attached hydrogens (tertiary/aromatic N) is 1. The van der Waals surface area contributed by atoms with Crippen molar-refractivity contribution in [1.82, 2.24) is 0 Å². The van der Waals surface area contributed by atoms with E-state index in [1.165, 1.54) is 0 Å². The Morgan fingerprint density at radius 1 is 1.24 bits per heavy atom. The first-order chi connectivity index (χ1) is 9.88. The number of carbonyl (C=O) groups is 1. The van der Waals surface area contributed by atoms with Crippen LogP contribution in [0.5, 0.6) is 0 Å². The minimum atomic E-state index is -0.749. The lowest BCUT2D eigenvalue weighted by molar-refractivity contribution is -0.136. The predicted octanol–water partition coefficient (Wildman–Crippen LogP) is 2.68. The number of carboxylic acids is 1. The third-order valence-corrected chi connectivity index (χ3v) is 4.93. The summed E-state index contributed by atoms with van der Waals surface area (Å²) >= 11 is 0. The Morgan fingerprint density at radius 3 is 2.48 bits per heavy atom. The summed E-state index contributed by atoms with van der Waals surface area (Å²) in [6.07, 6.45) is 1.22. The first kappa shape index (κ1) is 17.7. The number of rotatable bonds is 9. The van der Waals surface area contributed by atoms with Crippen molar-refractivity contribution in [3.05, 3.63) is 30.3 Å². The van der Waals surface area contributed by atoms with E-state index in [1.54, 1.807) is 0 Å². The van der Waals surface area contributed by atoms with E-state index in [-0.39, 0.29) is 12.0 Å². The molecule has 0 aliphatic carbocycles. The smallest absolute Gasteiger partial charge is 0.305 e. The Kier molecular flexibility index (Phi) is 7.46. The van der Waals surface area contributed by atoms with Crippen molar-refractivity contribution in [1.29, 1.82) is 0 Å². The molecule has 118 valence electrons. The van der Waals surface area contributed by atoms with E-state index in [1.807, 2.05) is 30.3 Å². The van der Waals surface area contributed by atoms with Gasteiger partial charge in [0.2, 0.25) is 0 Å². The molecule has 0 heterocycles. The van der Waals surface area contributed by atoms with Crippen molar-refractivity contribution < 1.29 is 14.3 Å². The molecule has 21 heavy (non-hydrogen) atoms. The first-order valence-electron chi connectivity index (χ1n) is 7.54. The SMILES string of the molecule is CC(C)(C)O[SiH2]CCCN(CCC(=O)O)c1ccccc1. The lowest BCUT2D eigenvalue weighted by Crippen LogP contribution is -2.28. The number of hydrogen-bond acceptors (Lipinski definition) is 3. The van der Waals surface area contributed by atoms with Crippen LogP contribution in [0, 0.1) is 0 Å². The molecule has 0 bridgehead atoms. The third kappa shape index (κ3) is 8.52. The van der Waals surface area contributed by atoms with Gasteiger partial charge in [0.05, 0.1) is 6.42 Å². The van der Waals surface area contributed by atoms with Crippen molar-refractivity contribution in [3.63, 3.8) is 0 Å².